The molecule has 4 rings (SSSR count). The van der Waals surface area contributed by atoms with Crippen LogP contribution in [0.2, 0.25) is 15.1 Å². The van der Waals surface area contributed by atoms with Crippen molar-refractivity contribution in [1.29, 1.82) is 0 Å². The van der Waals surface area contributed by atoms with Crippen LogP contribution in [0.15, 0.2) is 39.5 Å². The van der Waals surface area contributed by atoms with Crippen LogP contribution in [0.4, 0.5) is 0 Å². The maximum atomic E-state index is 12.5. The lowest BCUT2D eigenvalue weighted by atomic mass is 10.1. The van der Waals surface area contributed by atoms with Gasteiger partial charge in [-0.15, -0.1) is 0 Å². The number of carbonyl (C=O) groups excluding carboxylic acids is 3. The molecule has 1 aromatic heterocycles. The van der Waals surface area contributed by atoms with Gasteiger partial charge in [-0.2, -0.15) is 0 Å². The Kier molecular flexibility index (Phi) is 5.51. The van der Waals surface area contributed by atoms with Crippen molar-refractivity contribution in [2.75, 3.05) is 6.54 Å². The molecule has 2 amide bonds. The summed E-state index contributed by atoms with van der Waals surface area (Å²) in [4.78, 5) is 49.9. The first-order valence-electron chi connectivity index (χ1n) is 8.89. The van der Waals surface area contributed by atoms with Crippen LogP contribution < -0.4 is 5.63 Å². The van der Waals surface area contributed by atoms with Gasteiger partial charge in [-0.05, 0) is 36.8 Å². The number of imide groups is 1. The third-order valence-corrected chi connectivity index (χ3v) is 5.93. The van der Waals surface area contributed by atoms with E-state index in [1.807, 2.05) is 0 Å². The highest BCUT2D eigenvalue weighted by atomic mass is 35.5. The highest BCUT2D eigenvalue weighted by molar-refractivity contribution is 6.43. The lowest BCUT2D eigenvalue weighted by Gasteiger charge is -2.13. The first kappa shape index (κ1) is 21.4. The highest BCUT2D eigenvalue weighted by Gasteiger charge is 2.37. The zero-order valence-corrected chi connectivity index (χ0v) is 18.1. The van der Waals surface area contributed by atoms with Crippen LogP contribution in [0.25, 0.3) is 11.0 Å². The van der Waals surface area contributed by atoms with E-state index in [0.29, 0.717) is 21.6 Å². The molecular formula is C21H12Cl3NO6. The average Bonchev–Trinajstić information content (AvgIpc) is 2.92. The molecule has 0 aliphatic carbocycles. The molecule has 0 bridgehead atoms. The lowest BCUT2D eigenvalue weighted by molar-refractivity contribution is -0.145. The Morgan fingerprint density at radius 1 is 0.935 bits per heavy atom. The van der Waals surface area contributed by atoms with E-state index in [4.69, 9.17) is 44.0 Å². The van der Waals surface area contributed by atoms with Gasteiger partial charge in [-0.3, -0.25) is 19.3 Å². The first-order chi connectivity index (χ1) is 14.7. The lowest BCUT2D eigenvalue weighted by Crippen LogP contribution is -2.35. The number of ether oxygens (including phenoxy) is 1. The fourth-order valence-electron chi connectivity index (χ4n) is 3.23. The highest BCUT2D eigenvalue weighted by Crippen LogP contribution is 2.31. The zero-order valence-electron chi connectivity index (χ0n) is 15.8. The molecule has 0 unspecified atom stereocenters. The minimum absolute atomic E-state index is 0.0591. The van der Waals surface area contributed by atoms with Gasteiger partial charge in [0.25, 0.3) is 11.8 Å². The molecule has 2 aromatic carbocycles. The standard InChI is InChI=1S/C21H12Cl3NO6/c1-9-2-17-11(4-14(9)22)10(3-18(26)31-17)8-30-19(27)7-25-20(28)12-5-15(23)16(24)6-13(12)21(25)29/h2-6H,7-8H2,1H3. The van der Waals surface area contributed by atoms with Gasteiger partial charge in [0.15, 0.2) is 0 Å². The van der Waals surface area contributed by atoms with Crippen molar-refractivity contribution < 1.29 is 23.5 Å². The molecule has 3 aromatic rings. The number of benzene rings is 2. The third-order valence-electron chi connectivity index (χ3n) is 4.80. The number of aryl methyl sites for hydroxylation is 1. The maximum Gasteiger partial charge on any atom is 0.336 e. The van der Waals surface area contributed by atoms with E-state index >= 15 is 0 Å². The second-order valence-corrected chi connectivity index (χ2v) is 8.08. The summed E-state index contributed by atoms with van der Waals surface area (Å²) in [7, 11) is 0. The Labute approximate surface area is 190 Å². The normalized spacial score (nSPS) is 13.1. The molecule has 0 atom stereocenters. The molecule has 31 heavy (non-hydrogen) atoms. The Morgan fingerprint density at radius 3 is 2.16 bits per heavy atom. The molecule has 0 spiro atoms. The van der Waals surface area contributed by atoms with Gasteiger partial charge in [-0.25, -0.2) is 4.79 Å². The number of nitrogens with zero attached hydrogens (tertiary/aromatic N) is 1. The summed E-state index contributed by atoms with van der Waals surface area (Å²) in [5.41, 5.74) is 0.899. The molecule has 0 saturated heterocycles. The summed E-state index contributed by atoms with van der Waals surface area (Å²) in [6.07, 6.45) is 0. The quantitative estimate of drug-likeness (QED) is 0.312. The van der Waals surface area contributed by atoms with Crippen molar-refractivity contribution in [3.8, 4) is 0 Å². The molecule has 1 aliphatic heterocycles. The van der Waals surface area contributed by atoms with Gasteiger partial charge in [0.1, 0.15) is 18.7 Å². The van der Waals surface area contributed by atoms with Gasteiger partial charge < -0.3 is 9.15 Å². The number of fused-ring (bicyclic) bond motifs is 2. The summed E-state index contributed by atoms with van der Waals surface area (Å²) < 4.78 is 10.4. The summed E-state index contributed by atoms with van der Waals surface area (Å²) in [5.74, 6) is -2.20. The van der Waals surface area contributed by atoms with E-state index in [1.165, 1.54) is 18.2 Å². The average molecular weight is 481 g/mol. The van der Waals surface area contributed by atoms with Crippen LogP contribution in [0.5, 0.6) is 0 Å². The Morgan fingerprint density at radius 2 is 1.55 bits per heavy atom. The summed E-state index contributed by atoms with van der Waals surface area (Å²) in [6, 6.07) is 6.97. The topological polar surface area (TPSA) is 93.9 Å². The number of hydrogen-bond donors (Lipinski definition) is 0. The molecular weight excluding hydrogens is 469 g/mol. The maximum absolute atomic E-state index is 12.5. The van der Waals surface area contributed by atoms with E-state index in [-0.39, 0.29) is 27.8 Å². The molecule has 158 valence electrons. The van der Waals surface area contributed by atoms with Crippen molar-refractivity contribution in [3.63, 3.8) is 0 Å². The minimum atomic E-state index is -0.841. The van der Waals surface area contributed by atoms with Gasteiger partial charge in [0.05, 0.1) is 21.2 Å². The van der Waals surface area contributed by atoms with E-state index in [1.54, 1.807) is 19.1 Å². The summed E-state index contributed by atoms with van der Waals surface area (Å²) >= 11 is 18.0. The third kappa shape index (κ3) is 3.92. The molecule has 0 radical (unpaired) electrons. The van der Waals surface area contributed by atoms with Crippen molar-refractivity contribution in [3.05, 3.63) is 78.1 Å². The van der Waals surface area contributed by atoms with Gasteiger partial charge in [0.2, 0.25) is 0 Å². The van der Waals surface area contributed by atoms with E-state index in [2.05, 4.69) is 0 Å². The van der Waals surface area contributed by atoms with Crippen molar-refractivity contribution in [2.45, 2.75) is 13.5 Å². The molecule has 10 heteroatoms. The zero-order chi connectivity index (χ0) is 22.4. The number of hydrogen-bond acceptors (Lipinski definition) is 6. The van der Waals surface area contributed by atoms with Crippen molar-refractivity contribution in [1.82, 2.24) is 4.90 Å². The largest absolute Gasteiger partial charge is 0.459 e. The van der Waals surface area contributed by atoms with E-state index in [0.717, 1.165) is 10.5 Å². The van der Waals surface area contributed by atoms with Gasteiger partial charge in [-0.1, -0.05) is 34.8 Å². The molecule has 1 aliphatic rings. The van der Waals surface area contributed by atoms with E-state index in [9.17, 15) is 19.2 Å². The number of rotatable bonds is 4. The number of amides is 2. The Hall–Kier alpha value is -2.87. The molecule has 7 nitrogen and oxygen atoms in total. The van der Waals surface area contributed by atoms with E-state index < -0.39 is 30.0 Å². The van der Waals surface area contributed by atoms with Crippen LogP contribution in [0.3, 0.4) is 0 Å². The number of halogens is 3. The van der Waals surface area contributed by atoms with Crippen LogP contribution in [-0.2, 0) is 16.1 Å². The Balaban J connectivity index is 1.52. The summed E-state index contributed by atoms with van der Waals surface area (Å²) in [6.45, 7) is 0.874. The predicted octanol–water partition coefficient (Wildman–Crippen LogP) is 4.40. The van der Waals surface area contributed by atoms with Gasteiger partial charge in [0, 0.05) is 22.0 Å². The van der Waals surface area contributed by atoms with Crippen molar-refractivity contribution >= 4 is 63.6 Å². The molecule has 0 N–H and O–H groups in total. The molecule has 2 heterocycles. The molecule has 0 fully saturated rings. The van der Waals surface area contributed by atoms with Crippen LogP contribution in [0.1, 0.15) is 31.8 Å². The number of esters is 1. The second kappa shape index (κ2) is 8.00. The van der Waals surface area contributed by atoms with Gasteiger partial charge >= 0.3 is 11.6 Å². The van der Waals surface area contributed by atoms with Crippen LogP contribution in [0, 0.1) is 6.92 Å². The Bertz CT molecular complexity index is 1310. The monoisotopic (exact) mass is 479 g/mol. The minimum Gasteiger partial charge on any atom is -0.459 e. The summed E-state index contributed by atoms with van der Waals surface area (Å²) in [5, 5.41) is 1.20. The first-order valence-corrected chi connectivity index (χ1v) is 10.0. The fraction of sp³-hybridized carbons (Fsp3) is 0.143. The van der Waals surface area contributed by atoms with Crippen LogP contribution in [-0.4, -0.2) is 29.2 Å². The smallest absolute Gasteiger partial charge is 0.336 e. The van der Waals surface area contributed by atoms with Crippen molar-refractivity contribution in [2.24, 2.45) is 0 Å². The SMILES string of the molecule is Cc1cc2oc(=O)cc(COC(=O)CN3C(=O)c4cc(Cl)c(Cl)cc4C3=O)c2cc1Cl. The fourth-order valence-corrected chi connectivity index (χ4v) is 3.72. The number of carbonyl (C=O) groups is 3. The molecule has 0 saturated carbocycles. The van der Waals surface area contributed by atoms with Crippen LogP contribution >= 0.6 is 34.8 Å². The predicted molar refractivity (Wildman–Crippen MR) is 114 cm³/mol. The second-order valence-electron chi connectivity index (χ2n) is 6.86.